The molecule has 1 saturated carbocycles. The molecule has 1 aliphatic rings. The van der Waals surface area contributed by atoms with Crippen LogP contribution in [0.25, 0.3) is 0 Å². The first-order chi connectivity index (χ1) is 13.9. The molecule has 3 rings (SSSR count). The van der Waals surface area contributed by atoms with Gasteiger partial charge in [0.2, 0.25) is 5.91 Å². The van der Waals surface area contributed by atoms with E-state index in [1.54, 1.807) is 31.4 Å². The van der Waals surface area contributed by atoms with Crippen LogP contribution >= 0.6 is 0 Å². The molecule has 1 aliphatic carbocycles. The minimum Gasteiger partial charge on any atom is -0.310 e. The second-order valence-electron chi connectivity index (χ2n) is 6.70. The third kappa shape index (κ3) is 4.78. The van der Waals surface area contributed by atoms with E-state index < -0.39 is 4.92 Å². The molecule has 1 N–H and O–H groups in total. The van der Waals surface area contributed by atoms with E-state index in [2.05, 4.69) is 26.9 Å². The number of aromatic nitrogens is 1. The number of hydrogen-bond donors (Lipinski definition) is 1. The van der Waals surface area contributed by atoms with E-state index in [0.29, 0.717) is 28.5 Å². The van der Waals surface area contributed by atoms with Crippen molar-refractivity contribution >= 4 is 29.0 Å². The van der Waals surface area contributed by atoms with Crippen molar-refractivity contribution in [3.63, 3.8) is 0 Å². The smallest absolute Gasteiger partial charge is 0.270 e. The SMILES string of the molecule is C=CC(=NC(=NC)c1ccnc(NC(=O)C2CC2)c1)c1cc([N+](=O)[O-])ccc1C. The number of nitrogens with zero attached hydrogens (tertiary/aromatic N) is 4. The maximum atomic E-state index is 12.0. The van der Waals surface area contributed by atoms with Crippen molar-refractivity contribution in [3.05, 3.63) is 76.0 Å². The molecule has 1 aromatic carbocycles. The number of benzene rings is 1. The van der Waals surface area contributed by atoms with Crippen LogP contribution in [0.5, 0.6) is 0 Å². The summed E-state index contributed by atoms with van der Waals surface area (Å²) in [7, 11) is 1.60. The van der Waals surface area contributed by atoms with Gasteiger partial charge < -0.3 is 5.32 Å². The van der Waals surface area contributed by atoms with E-state index >= 15 is 0 Å². The Bertz CT molecular complexity index is 1040. The van der Waals surface area contributed by atoms with Gasteiger partial charge in [-0.1, -0.05) is 12.6 Å². The number of hydrogen-bond acceptors (Lipinski definition) is 5. The lowest BCUT2D eigenvalue weighted by Gasteiger charge is -2.09. The van der Waals surface area contributed by atoms with Crippen molar-refractivity contribution in [2.24, 2.45) is 15.9 Å². The van der Waals surface area contributed by atoms with Crippen LogP contribution in [0.4, 0.5) is 11.5 Å². The topological polar surface area (TPSA) is 110 Å². The monoisotopic (exact) mass is 391 g/mol. The van der Waals surface area contributed by atoms with Gasteiger partial charge in [-0.2, -0.15) is 0 Å². The highest BCUT2D eigenvalue weighted by atomic mass is 16.6. The minimum atomic E-state index is -0.448. The van der Waals surface area contributed by atoms with Crippen LogP contribution in [0.1, 0.15) is 29.5 Å². The molecule has 0 radical (unpaired) electrons. The van der Waals surface area contributed by atoms with Gasteiger partial charge >= 0.3 is 0 Å². The molecule has 1 heterocycles. The van der Waals surface area contributed by atoms with Crippen molar-refractivity contribution in [1.29, 1.82) is 0 Å². The first kappa shape index (κ1) is 20.1. The Hall–Kier alpha value is -3.68. The molecule has 0 atom stereocenters. The predicted molar refractivity (Wildman–Crippen MR) is 113 cm³/mol. The van der Waals surface area contributed by atoms with E-state index in [-0.39, 0.29) is 17.5 Å². The van der Waals surface area contributed by atoms with Crippen LogP contribution in [0.3, 0.4) is 0 Å². The molecule has 8 heteroatoms. The summed E-state index contributed by atoms with van der Waals surface area (Å²) >= 11 is 0. The van der Waals surface area contributed by atoms with Gasteiger partial charge in [-0.25, -0.2) is 9.98 Å². The lowest BCUT2D eigenvalue weighted by molar-refractivity contribution is -0.384. The zero-order chi connectivity index (χ0) is 21.0. The summed E-state index contributed by atoms with van der Waals surface area (Å²) in [4.78, 5) is 35.6. The molecule has 1 amide bonds. The summed E-state index contributed by atoms with van der Waals surface area (Å²) < 4.78 is 0. The molecule has 29 heavy (non-hydrogen) atoms. The van der Waals surface area contributed by atoms with E-state index in [4.69, 9.17) is 0 Å². The Morgan fingerprint density at radius 2 is 2.10 bits per heavy atom. The first-order valence-corrected chi connectivity index (χ1v) is 9.13. The number of rotatable bonds is 6. The number of anilines is 1. The highest BCUT2D eigenvalue weighted by molar-refractivity contribution is 6.17. The number of carbonyl (C=O) groups excluding carboxylic acids is 1. The summed E-state index contributed by atoms with van der Waals surface area (Å²) in [5.41, 5.74) is 2.54. The molecule has 0 bridgehead atoms. The Morgan fingerprint density at radius 1 is 1.34 bits per heavy atom. The number of non-ortho nitro benzene ring substituents is 1. The molecule has 0 unspecified atom stereocenters. The number of allylic oxidation sites excluding steroid dienone is 1. The van der Waals surface area contributed by atoms with Gasteiger partial charge in [0.05, 0.1) is 10.6 Å². The van der Waals surface area contributed by atoms with Crippen LogP contribution < -0.4 is 5.32 Å². The van der Waals surface area contributed by atoms with Crippen molar-refractivity contribution in [2.45, 2.75) is 19.8 Å². The second-order valence-corrected chi connectivity index (χ2v) is 6.70. The fourth-order valence-electron chi connectivity index (χ4n) is 2.78. The van der Waals surface area contributed by atoms with Crippen LogP contribution in [0.2, 0.25) is 0 Å². The van der Waals surface area contributed by atoms with Crippen molar-refractivity contribution in [3.8, 4) is 0 Å². The molecule has 1 aromatic heterocycles. The summed E-state index contributed by atoms with van der Waals surface area (Å²) in [6.45, 7) is 5.64. The van der Waals surface area contributed by atoms with Gasteiger partial charge in [0.15, 0.2) is 5.84 Å². The first-order valence-electron chi connectivity index (χ1n) is 9.13. The molecule has 0 aliphatic heterocycles. The molecular weight excluding hydrogens is 370 g/mol. The zero-order valence-electron chi connectivity index (χ0n) is 16.3. The summed E-state index contributed by atoms with van der Waals surface area (Å²) in [5, 5.41) is 13.9. The Labute approximate surface area is 168 Å². The van der Waals surface area contributed by atoms with Crippen LogP contribution in [0.15, 0.2) is 59.2 Å². The van der Waals surface area contributed by atoms with E-state index in [0.717, 1.165) is 18.4 Å². The number of pyridine rings is 1. The van der Waals surface area contributed by atoms with Crippen molar-refractivity contribution in [2.75, 3.05) is 12.4 Å². The third-order valence-corrected chi connectivity index (χ3v) is 4.56. The largest absolute Gasteiger partial charge is 0.310 e. The fraction of sp³-hybridized carbons (Fsp3) is 0.238. The van der Waals surface area contributed by atoms with E-state index in [1.807, 2.05) is 6.92 Å². The number of aliphatic imine (C=N–C) groups is 2. The molecular formula is C21H21N5O3. The zero-order valence-corrected chi connectivity index (χ0v) is 16.3. The number of nitrogens with one attached hydrogen (secondary N) is 1. The number of nitro groups is 1. The fourth-order valence-corrected chi connectivity index (χ4v) is 2.78. The average molecular weight is 391 g/mol. The van der Waals surface area contributed by atoms with Gasteiger partial charge in [-0.3, -0.25) is 19.9 Å². The summed E-state index contributed by atoms with van der Waals surface area (Å²) in [5.74, 6) is 0.867. The van der Waals surface area contributed by atoms with E-state index in [9.17, 15) is 14.9 Å². The van der Waals surface area contributed by atoms with E-state index in [1.165, 1.54) is 18.2 Å². The lowest BCUT2D eigenvalue weighted by atomic mass is 10.0. The standard InChI is InChI=1S/C21H21N5O3/c1-4-18(17-12-16(26(28)29)8-5-13(17)2)24-20(22-3)15-9-10-23-19(11-15)25-21(27)14-6-7-14/h4-5,8-12,14H,1,6-7H2,2-3H3,(H,23,25,27). The predicted octanol–water partition coefficient (Wildman–Crippen LogP) is 3.70. The molecule has 8 nitrogen and oxygen atoms in total. The second kappa shape index (κ2) is 8.55. The number of carbonyl (C=O) groups is 1. The maximum absolute atomic E-state index is 12.0. The maximum Gasteiger partial charge on any atom is 0.270 e. The molecule has 0 spiro atoms. The average Bonchev–Trinajstić information content (AvgIpc) is 3.55. The molecule has 0 saturated heterocycles. The lowest BCUT2D eigenvalue weighted by Crippen LogP contribution is -2.15. The normalized spacial score (nSPS) is 14.4. The van der Waals surface area contributed by atoms with Crippen molar-refractivity contribution in [1.82, 2.24) is 4.98 Å². The van der Waals surface area contributed by atoms with Crippen LogP contribution in [-0.2, 0) is 4.79 Å². The highest BCUT2D eigenvalue weighted by Gasteiger charge is 2.29. The van der Waals surface area contributed by atoms with Gasteiger partial charge in [0, 0.05) is 42.4 Å². The number of amidine groups is 1. The molecule has 1 fully saturated rings. The Kier molecular flexibility index (Phi) is 5.92. The van der Waals surface area contributed by atoms with Gasteiger partial charge in [-0.15, -0.1) is 0 Å². The van der Waals surface area contributed by atoms with Gasteiger partial charge in [-0.05, 0) is 43.5 Å². The van der Waals surface area contributed by atoms with Crippen molar-refractivity contribution < 1.29 is 9.72 Å². The quantitative estimate of drug-likeness (QED) is 0.350. The number of nitro benzene ring substituents is 1. The highest BCUT2D eigenvalue weighted by Crippen LogP contribution is 2.30. The Morgan fingerprint density at radius 3 is 2.72 bits per heavy atom. The van der Waals surface area contributed by atoms with Gasteiger partial charge in [0.25, 0.3) is 5.69 Å². The van der Waals surface area contributed by atoms with Crippen LogP contribution in [0, 0.1) is 23.0 Å². The summed E-state index contributed by atoms with van der Waals surface area (Å²) in [6.07, 6.45) is 4.92. The number of aryl methyl sites for hydroxylation is 1. The van der Waals surface area contributed by atoms with Gasteiger partial charge in [0.1, 0.15) is 5.82 Å². The van der Waals surface area contributed by atoms with Crippen LogP contribution in [-0.4, -0.2) is 34.4 Å². The minimum absolute atomic E-state index is 0.0240. The summed E-state index contributed by atoms with van der Waals surface area (Å²) in [6, 6.07) is 8.03. The Balaban J connectivity index is 1.94. The molecule has 148 valence electrons. The molecule has 2 aromatic rings. The third-order valence-electron chi connectivity index (χ3n) is 4.56. The number of amides is 1.